The lowest BCUT2D eigenvalue weighted by molar-refractivity contribution is -0.127. The van der Waals surface area contributed by atoms with E-state index in [1.54, 1.807) is 17.2 Å². The van der Waals surface area contributed by atoms with Gasteiger partial charge in [0, 0.05) is 40.7 Å². The van der Waals surface area contributed by atoms with Crippen LogP contribution in [0.2, 0.25) is 0 Å². The second-order valence-electron chi connectivity index (χ2n) is 12.6. The van der Waals surface area contributed by atoms with Crippen molar-refractivity contribution in [3.8, 4) is 11.1 Å². The number of carbonyl (C=O) groups is 3. The van der Waals surface area contributed by atoms with Crippen molar-refractivity contribution in [1.29, 1.82) is 0 Å². The van der Waals surface area contributed by atoms with Crippen LogP contribution in [0.5, 0.6) is 0 Å². The van der Waals surface area contributed by atoms with Gasteiger partial charge in [-0.25, -0.2) is 4.98 Å². The van der Waals surface area contributed by atoms with E-state index in [4.69, 9.17) is 11.5 Å². The highest BCUT2D eigenvalue weighted by molar-refractivity contribution is 6.03. The third kappa shape index (κ3) is 7.08. The van der Waals surface area contributed by atoms with E-state index in [2.05, 4.69) is 20.5 Å². The van der Waals surface area contributed by atoms with Gasteiger partial charge in [0.2, 0.25) is 11.8 Å². The lowest BCUT2D eigenvalue weighted by atomic mass is 9.81. The molecule has 2 heterocycles. The minimum atomic E-state index is -0.882. The number of aromatic nitrogens is 3. The molecule has 2 aliphatic carbocycles. The number of benzene rings is 2. The first-order chi connectivity index (χ1) is 21.8. The molecule has 6 rings (SSSR count). The van der Waals surface area contributed by atoms with E-state index >= 15 is 0 Å². The number of pyridine rings is 1. The molecule has 242 valence electrons. The summed E-state index contributed by atoms with van der Waals surface area (Å²) in [5.74, 6) is -0.575. The predicted molar refractivity (Wildman–Crippen MR) is 182 cm³/mol. The van der Waals surface area contributed by atoms with Gasteiger partial charge < -0.3 is 16.8 Å². The average Bonchev–Trinajstić information content (AvgIpc) is 3.51. The molecule has 2 fully saturated rings. The van der Waals surface area contributed by atoms with Crippen LogP contribution in [0.15, 0.2) is 60.8 Å². The minimum Gasteiger partial charge on any atom is -0.368 e. The SMILES string of the molecule is Cc1nc(C(=O)NC2CCC2)ccc1-c1ccc(C[C@@H](C(N)=O)N(c2ccc3cn[nH]c3c2)C(=O)[C@H]2CC[C@H](CN)CC2)cc1.Cl. The van der Waals surface area contributed by atoms with Crippen molar-refractivity contribution in [3.63, 3.8) is 0 Å². The van der Waals surface area contributed by atoms with E-state index in [-0.39, 0.29) is 42.6 Å². The molecule has 0 spiro atoms. The van der Waals surface area contributed by atoms with Crippen LogP contribution in [0.3, 0.4) is 0 Å². The van der Waals surface area contributed by atoms with Crippen LogP contribution >= 0.6 is 12.4 Å². The third-order valence-corrected chi connectivity index (χ3v) is 9.56. The number of aromatic amines is 1. The fraction of sp³-hybridized carbons (Fsp3) is 0.400. The monoisotopic (exact) mass is 643 g/mol. The first kappa shape index (κ1) is 33.1. The van der Waals surface area contributed by atoms with Crippen molar-refractivity contribution in [1.82, 2.24) is 20.5 Å². The van der Waals surface area contributed by atoms with Crippen molar-refractivity contribution in [2.24, 2.45) is 23.3 Å². The molecule has 0 bridgehead atoms. The summed E-state index contributed by atoms with van der Waals surface area (Å²) in [5, 5.41) is 11.0. The molecule has 4 aromatic rings. The minimum absolute atomic E-state index is 0. The first-order valence-electron chi connectivity index (χ1n) is 15.9. The maximum absolute atomic E-state index is 14.2. The molecule has 6 N–H and O–H groups in total. The Labute approximate surface area is 275 Å². The Balaban J connectivity index is 0.00000417. The number of nitrogens with zero attached hydrogens (tertiary/aromatic N) is 3. The standard InChI is InChI=1S/C35H41N7O3.ClH/c1-21-29(15-16-30(39-21)34(44)40-27-3-2-4-27)24-9-5-22(6-10-24)17-32(33(37)43)42(28-14-13-26-20-38-41-31(26)18-28)35(45)25-11-7-23(19-36)8-12-25;/h5-6,9-10,13-16,18,20,23,25,27,32H,2-4,7-8,11-12,17,19,36H2,1H3,(H2,37,43)(H,38,41)(H,40,44);1H/t23-,25-,32-;/m0./s1. The summed E-state index contributed by atoms with van der Waals surface area (Å²) in [6, 6.07) is 16.5. The van der Waals surface area contributed by atoms with Gasteiger partial charge in [0.05, 0.1) is 11.7 Å². The average molecular weight is 644 g/mol. The van der Waals surface area contributed by atoms with Crippen molar-refractivity contribution >= 4 is 46.7 Å². The number of nitrogens with one attached hydrogen (secondary N) is 2. The second-order valence-corrected chi connectivity index (χ2v) is 12.6. The highest BCUT2D eigenvalue weighted by atomic mass is 35.5. The second kappa shape index (κ2) is 14.4. The number of amides is 3. The number of aryl methyl sites for hydroxylation is 1. The summed E-state index contributed by atoms with van der Waals surface area (Å²) in [5.41, 5.74) is 17.2. The predicted octanol–water partition coefficient (Wildman–Crippen LogP) is 4.83. The first-order valence-corrected chi connectivity index (χ1v) is 15.9. The quantitative estimate of drug-likeness (QED) is 0.194. The molecule has 0 aliphatic heterocycles. The van der Waals surface area contributed by atoms with Crippen molar-refractivity contribution in [2.45, 2.75) is 70.4 Å². The lowest BCUT2D eigenvalue weighted by Crippen LogP contribution is -2.52. The van der Waals surface area contributed by atoms with Crippen LogP contribution in [-0.2, 0) is 16.0 Å². The maximum Gasteiger partial charge on any atom is 0.270 e. The Morgan fingerprint density at radius 3 is 2.37 bits per heavy atom. The fourth-order valence-corrected chi connectivity index (χ4v) is 6.54. The molecular formula is C35H42ClN7O3. The number of anilines is 1. The van der Waals surface area contributed by atoms with E-state index < -0.39 is 11.9 Å². The van der Waals surface area contributed by atoms with Gasteiger partial charge in [-0.05, 0) is 99.7 Å². The molecule has 3 amide bonds. The van der Waals surface area contributed by atoms with Crippen LogP contribution in [0.1, 0.15) is 66.7 Å². The van der Waals surface area contributed by atoms with Gasteiger partial charge in [0.1, 0.15) is 11.7 Å². The Bertz CT molecular complexity index is 1690. The van der Waals surface area contributed by atoms with Gasteiger partial charge in [-0.2, -0.15) is 5.10 Å². The van der Waals surface area contributed by atoms with Crippen LogP contribution in [0.25, 0.3) is 22.0 Å². The van der Waals surface area contributed by atoms with Crippen molar-refractivity contribution < 1.29 is 14.4 Å². The third-order valence-electron chi connectivity index (χ3n) is 9.56. The van der Waals surface area contributed by atoms with E-state index in [9.17, 15) is 14.4 Å². The summed E-state index contributed by atoms with van der Waals surface area (Å²) in [4.78, 5) is 46.0. The number of carbonyl (C=O) groups excluding carboxylic acids is 3. The van der Waals surface area contributed by atoms with Gasteiger partial charge in [0.15, 0.2) is 0 Å². The molecule has 11 heteroatoms. The largest absolute Gasteiger partial charge is 0.368 e. The number of hydrogen-bond donors (Lipinski definition) is 4. The van der Waals surface area contributed by atoms with E-state index in [1.165, 1.54) is 0 Å². The number of fused-ring (bicyclic) bond motifs is 1. The van der Waals surface area contributed by atoms with Gasteiger partial charge in [0.25, 0.3) is 5.91 Å². The summed E-state index contributed by atoms with van der Waals surface area (Å²) < 4.78 is 0. The summed E-state index contributed by atoms with van der Waals surface area (Å²) in [6.07, 6.45) is 8.43. The molecule has 46 heavy (non-hydrogen) atoms. The van der Waals surface area contributed by atoms with Gasteiger partial charge in [-0.1, -0.05) is 30.3 Å². The number of nitrogens with two attached hydrogens (primary N) is 2. The molecule has 2 aromatic carbocycles. The van der Waals surface area contributed by atoms with Crippen molar-refractivity contribution in [2.75, 3.05) is 11.4 Å². The Morgan fingerprint density at radius 1 is 1.00 bits per heavy atom. The van der Waals surface area contributed by atoms with Crippen LogP contribution < -0.4 is 21.7 Å². The zero-order valence-electron chi connectivity index (χ0n) is 26.1. The number of H-pyrrole nitrogens is 1. The Hall–Kier alpha value is -4.28. The highest BCUT2D eigenvalue weighted by Gasteiger charge is 2.36. The van der Waals surface area contributed by atoms with Crippen molar-refractivity contribution in [3.05, 3.63) is 77.7 Å². The summed E-state index contributed by atoms with van der Waals surface area (Å²) in [7, 11) is 0. The molecule has 2 saturated carbocycles. The van der Waals surface area contributed by atoms with Crippen LogP contribution in [0, 0.1) is 18.8 Å². The molecule has 2 aliphatic rings. The summed E-state index contributed by atoms with van der Waals surface area (Å²) >= 11 is 0. The zero-order chi connectivity index (χ0) is 31.5. The number of primary amides is 1. The molecule has 10 nitrogen and oxygen atoms in total. The highest BCUT2D eigenvalue weighted by Crippen LogP contribution is 2.33. The summed E-state index contributed by atoms with van der Waals surface area (Å²) in [6.45, 7) is 2.52. The number of halogens is 1. The van der Waals surface area contributed by atoms with Crippen LogP contribution in [0.4, 0.5) is 5.69 Å². The Kier molecular flexibility index (Phi) is 10.4. The smallest absolute Gasteiger partial charge is 0.270 e. The molecule has 2 aromatic heterocycles. The maximum atomic E-state index is 14.2. The fourth-order valence-electron chi connectivity index (χ4n) is 6.54. The number of rotatable bonds is 10. The molecule has 0 radical (unpaired) electrons. The lowest BCUT2D eigenvalue weighted by Gasteiger charge is -2.35. The zero-order valence-corrected chi connectivity index (χ0v) is 26.9. The van der Waals surface area contributed by atoms with Crippen LogP contribution in [-0.4, -0.2) is 51.5 Å². The van der Waals surface area contributed by atoms with Gasteiger partial charge >= 0.3 is 0 Å². The molecule has 0 unspecified atom stereocenters. The molecule has 1 atom stereocenters. The van der Waals surface area contributed by atoms with E-state index in [1.807, 2.05) is 55.5 Å². The normalized spacial score (nSPS) is 18.7. The van der Waals surface area contributed by atoms with Gasteiger partial charge in [-0.15, -0.1) is 12.4 Å². The van der Waals surface area contributed by atoms with E-state index in [0.29, 0.717) is 23.8 Å². The Morgan fingerprint density at radius 2 is 1.74 bits per heavy atom. The van der Waals surface area contributed by atoms with E-state index in [0.717, 1.165) is 78.2 Å². The molecular weight excluding hydrogens is 602 g/mol. The van der Waals surface area contributed by atoms with Gasteiger partial charge in [-0.3, -0.25) is 24.4 Å². The molecule has 0 saturated heterocycles. The number of hydrogen-bond acceptors (Lipinski definition) is 6. The topological polar surface area (TPSA) is 160 Å².